The quantitative estimate of drug-likeness (QED) is 0.213. The summed E-state index contributed by atoms with van der Waals surface area (Å²) in [5.41, 5.74) is 0.335. The Hall–Kier alpha value is -4.28. The smallest absolute Gasteiger partial charge is 0.338 e. The summed E-state index contributed by atoms with van der Waals surface area (Å²) >= 11 is 5.50. The number of carbonyl (C=O) groups excluding carboxylic acids is 4. The molecule has 0 saturated carbocycles. The van der Waals surface area contributed by atoms with Gasteiger partial charge in [0.2, 0.25) is 6.36 Å². The first-order valence-electron chi connectivity index (χ1n) is 12.2. The van der Waals surface area contributed by atoms with Crippen LogP contribution in [-0.4, -0.2) is 67.1 Å². The number of ether oxygens (including phenoxy) is 5. The molecule has 0 aromatic heterocycles. The molecule has 1 fully saturated rings. The van der Waals surface area contributed by atoms with Crippen molar-refractivity contribution in [2.24, 2.45) is 0 Å². The van der Waals surface area contributed by atoms with Crippen LogP contribution in [-0.2, 0) is 28.5 Å². The fourth-order valence-electron chi connectivity index (χ4n) is 3.91. The Labute approximate surface area is 233 Å². The highest BCUT2D eigenvalue weighted by Crippen LogP contribution is 2.31. The van der Waals surface area contributed by atoms with Crippen molar-refractivity contribution in [2.45, 2.75) is 30.8 Å². The maximum absolute atomic E-state index is 15.5. The number of hydrogen-bond acceptors (Lipinski definition) is 9. The first kappa shape index (κ1) is 28.7. The van der Waals surface area contributed by atoms with Gasteiger partial charge in [-0.3, -0.25) is 4.79 Å². The molecule has 40 heavy (non-hydrogen) atoms. The predicted octanol–water partition coefficient (Wildman–Crippen LogP) is 4.14. The first-order valence-corrected chi connectivity index (χ1v) is 12.7. The van der Waals surface area contributed by atoms with E-state index in [0.717, 1.165) is 0 Å². The molecule has 4 rings (SSSR count). The van der Waals surface area contributed by atoms with Crippen molar-refractivity contribution in [1.82, 2.24) is 0 Å². The summed E-state index contributed by atoms with van der Waals surface area (Å²) in [7, 11) is 0. The summed E-state index contributed by atoms with van der Waals surface area (Å²) in [6.07, 6.45) is -8.92. The minimum absolute atomic E-state index is 0.0961. The fourth-order valence-corrected chi connectivity index (χ4v) is 3.99. The molecule has 0 unspecified atom stereocenters. The molecule has 3 aromatic carbocycles. The van der Waals surface area contributed by atoms with Gasteiger partial charge >= 0.3 is 23.9 Å². The second-order valence-corrected chi connectivity index (χ2v) is 8.82. The second kappa shape index (κ2) is 13.7. The number of rotatable bonds is 9. The van der Waals surface area contributed by atoms with Crippen LogP contribution in [0.15, 0.2) is 91.0 Å². The zero-order valence-electron chi connectivity index (χ0n) is 20.9. The van der Waals surface area contributed by atoms with Gasteiger partial charge in [-0.2, -0.15) is 0 Å². The molecule has 208 valence electrons. The summed E-state index contributed by atoms with van der Waals surface area (Å²) in [5, 5.41) is 0. The van der Waals surface area contributed by atoms with E-state index in [1.807, 2.05) is 0 Å². The number of halogens is 2. The summed E-state index contributed by atoms with van der Waals surface area (Å²) in [6.45, 7) is -0.600. The normalized spacial score (nSPS) is 22.0. The van der Waals surface area contributed by atoms with Crippen LogP contribution in [0.2, 0.25) is 0 Å². The van der Waals surface area contributed by atoms with Gasteiger partial charge in [0.25, 0.3) is 0 Å². The van der Waals surface area contributed by atoms with Gasteiger partial charge in [0.15, 0.2) is 18.3 Å². The molecule has 0 bridgehead atoms. The third-order valence-electron chi connectivity index (χ3n) is 5.85. The molecule has 1 heterocycles. The van der Waals surface area contributed by atoms with Crippen molar-refractivity contribution in [3.63, 3.8) is 0 Å². The highest BCUT2D eigenvalue weighted by atomic mass is 35.5. The average molecular weight is 571 g/mol. The lowest BCUT2D eigenvalue weighted by atomic mass is 9.98. The van der Waals surface area contributed by atoms with Gasteiger partial charge in [-0.1, -0.05) is 54.6 Å². The number of hydrogen-bond donors (Lipinski definition) is 0. The zero-order chi connectivity index (χ0) is 28.5. The van der Waals surface area contributed by atoms with Crippen LogP contribution in [0.5, 0.6) is 0 Å². The monoisotopic (exact) mass is 570 g/mol. The van der Waals surface area contributed by atoms with Gasteiger partial charge in [-0.05, 0) is 36.4 Å². The SMILES string of the molecule is O=C(CCl)OC[C@H]1O[C@H](F)[C@H](OC(=O)c2ccccc2)[C@@H](OC(=O)c2ccccc2)[C@@H]1OC(=O)c1ccccc1. The van der Waals surface area contributed by atoms with Crippen LogP contribution >= 0.6 is 11.6 Å². The van der Waals surface area contributed by atoms with Gasteiger partial charge in [-0.15, -0.1) is 11.6 Å². The van der Waals surface area contributed by atoms with Crippen molar-refractivity contribution in [2.75, 3.05) is 12.5 Å². The molecule has 9 nitrogen and oxygen atoms in total. The number of carbonyl (C=O) groups is 4. The molecule has 0 aliphatic carbocycles. The van der Waals surface area contributed by atoms with E-state index in [4.69, 9.17) is 35.3 Å². The van der Waals surface area contributed by atoms with Crippen molar-refractivity contribution < 1.29 is 47.3 Å². The number of esters is 4. The Morgan fingerprint density at radius 3 is 1.48 bits per heavy atom. The summed E-state index contributed by atoms with van der Waals surface area (Å²) < 4.78 is 42.6. The minimum atomic E-state index is -2.35. The Kier molecular flexibility index (Phi) is 9.82. The maximum Gasteiger partial charge on any atom is 0.338 e. The molecule has 0 radical (unpaired) electrons. The van der Waals surface area contributed by atoms with Gasteiger partial charge in [-0.25, -0.2) is 18.8 Å². The molecule has 11 heteroatoms. The summed E-state index contributed by atoms with van der Waals surface area (Å²) in [6, 6.07) is 23.4. The molecule has 1 saturated heterocycles. The molecular weight excluding hydrogens is 547 g/mol. The van der Waals surface area contributed by atoms with Crippen LogP contribution < -0.4 is 0 Å². The maximum atomic E-state index is 15.5. The predicted molar refractivity (Wildman–Crippen MR) is 138 cm³/mol. The van der Waals surface area contributed by atoms with E-state index < -0.39 is 67.1 Å². The number of benzene rings is 3. The third-order valence-corrected chi connectivity index (χ3v) is 6.07. The van der Waals surface area contributed by atoms with Crippen LogP contribution in [0, 0.1) is 0 Å². The minimum Gasteiger partial charge on any atom is -0.462 e. The zero-order valence-corrected chi connectivity index (χ0v) is 21.6. The summed E-state index contributed by atoms with van der Waals surface area (Å²) in [5.74, 6) is -4.04. The van der Waals surface area contributed by atoms with Crippen molar-refractivity contribution in [3.8, 4) is 0 Å². The lowest BCUT2D eigenvalue weighted by Gasteiger charge is -2.42. The van der Waals surface area contributed by atoms with E-state index >= 15 is 4.39 Å². The molecule has 1 aliphatic heterocycles. The molecular formula is C29H24ClFO9. The summed E-state index contributed by atoms with van der Waals surface area (Å²) in [4.78, 5) is 50.7. The molecule has 3 aromatic rings. The van der Waals surface area contributed by atoms with Gasteiger partial charge < -0.3 is 23.7 Å². The van der Waals surface area contributed by atoms with Crippen LogP contribution in [0.4, 0.5) is 4.39 Å². The Morgan fingerprint density at radius 1 is 0.650 bits per heavy atom. The van der Waals surface area contributed by atoms with E-state index in [0.29, 0.717) is 0 Å². The van der Waals surface area contributed by atoms with Crippen LogP contribution in [0.3, 0.4) is 0 Å². The highest BCUT2D eigenvalue weighted by Gasteiger charge is 2.53. The topological polar surface area (TPSA) is 114 Å². The van der Waals surface area contributed by atoms with Gasteiger partial charge in [0.1, 0.15) is 18.6 Å². The first-order chi connectivity index (χ1) is 19.4. The Morgan fingerprint density at radius 2 is 1.05 bits per heavy atom. The third kappa shape index (κ3) is 7.22. The average Bonchev–Trinajstić information content (AvgIpc) is 3.00. The van der Waals surface area contributed by atoms with Crippen LogP contribution in [0.25, 0.3) is 0 Å². The lowest BCUT2D eigenvalue weighted by Crippen LogP contribution is -2.61. The van der Waals surface area contributed by atoms with Crippen molar-refractivity contribution in [1.29, 1.82) is 0 Å². The van der Waals surface area contributed by atoms with E-state index in [1.165, 1.54) is 36.4 Å². The standard InChI is InChI=1S/C29H24ClFO9/c30-16-22(32)36-17-21-23(38-27(33)18-10-4-1-5-11-18)24(39-28(34)19-12-6-2-7-13-19)25(26(31)37-21)40-29(35)20-14-8-3-9-15-20/h1-15,21,23-26H,16-17H2/t21-,23-,24+,25-,26+/m1/s1. The second-order valence-electron chi connectivity index (χ2n) is 8.55. The van der Waals surface area contributed by atoms with E-state index in [9.17, 15) is 19.2 Å². The Bertz CT molecular complexity index is 1310. The largest absolute Gasteiger partial charge is 0.462 e. The van der Waals surface area contributed by atoms with E-state index in [1.54, 1.807) is 54.6 Å². The van der Waals surface area contributed by atoms with Crippen molar-refractivity contribution in [3.05, 3.63) is 108 Å². The van der Waals surface area contributed by atoms with E-state index in [-0.39, 0.29) is 16.7 Å². The molecule has 0 amide bonds. The van der Waals surface area contributed by atoms with Crippen LogP contribution in [0.1, 0.15) is 31.1 Å². The molecule has 0 N–H and O–H groups in total. The highest BCUT2D eigenvalue weighted by molar-refractivity contribution is 6.26. The number of alkyl halides is 2. The Balaban J connectivity index is 1.69. The van der Waals surface area contributed by atoms with E-state index in [2.05, 4.69) is 0 Å². The molecule has 5 atom stereocenters. The fraction of sp³-hybridized carbons (Fsp3) is 0.241. The van der Waals surface area contributed by atoms with Gasteiger partial charge in [0, 0.05) is 0 Å². The van der Waals surface area contributed by atoms with Gasteiger partial charge in [0.05, 0.1) is 16.7 Å². The van der Waals surface area contributed by atoms with Crippen molar-refractivity contribution >= 4 is 35.5 Å². The molecule has 1 aliphatic rings. The molecule has 0 spiro atoms. The lowest BCUT2D eigenvalue weighted by molar-refractivity contribution is -0.262.